The summed E-state index contributed by atoms with van der Waals surface area (Å²) in [5.41, 5.74) is 5.22. The predicted octanol–water partition coefficient (Wildman–Crippen LogP) is 3.13. The van der Waals surface area contributed by atoms with Crippen molar-refractivity contribution in [1.82, 2.24) is 0 Å². The van der Waals surface area contributed by atoms with E-state index in [0.29, 0.717) is 0 Å². The van der Waals surface area contributed by atoms with Gasteiger partial charge in [0.2, 0.25) is 0 Å². The maximum atomic E-state index is 5.41. The number of benzene rings is 1. The van der Waals surface area contributed by atoms with E-state index in [1.165, 1.54) is 22.5 Å². The lowest BCUT2D eigenvalue weighted by molar-refractivity contribution is 0.122. The van der Waals surface area contributed by atoms with E-state index < -0.39 is 0 Å². The molecular weight excluding hydrogens is 236 g/mol. The SMILES string of the molecule is CC1=Cc2ccc(N3CCOCC3)cc2NC1(C)C. The molecule has 3 rings (SSSR count). The molecule has 0 bridgehead atoms. The Morgan fingerprint density at radius 1 is 1.21 bits per heavy atom. The number of ether oxygens (including phenoxy) is 1. The van der Waals surface area contributed by atoms with Gasteiger partial charge < -0.3 is 15.0 Å². The standard InChI is InChI=1S/C16H22N2O/c1-12-10-13-4-5-14(18-6-8-19-9-7-18)11-15(13)17-16(12,2)3/h4-5,10-11,17H,6-9H2,1-3H3. The van der Waals surface area contributed by atoms with E-state index in [1.54, 1.807) is 0 Å². The average Bonchev–Trinajstić information content (AvgIpc) is 2.40. The van der Waals surface area contributed by atoms with Crippen LogP contribution >= 0.6 is 0 Å². The average molecular weight is 258 g/mol. The van der Waals surface area contributed by atoms with Crippen molar-refractivity contribution in [2.75, 3.05) is 36.5 Å². The number of morpholine rings is 1. The third-order valence-electron chi connectivity index (χ3n) is 4.22. The number of anilines is 2. The highest BCUT2D eigenvalue weighted by molar-refractivity contribution is 5.77. The Kier molecular flexibility index (Phi) is 3.02. The predicted molar refractivity (Wildman–Crippen MR) is 80.8 cm³/mol. The molecule has 1 aromatic rings. The fourth-order valence-corrected chi connectivity index (χ4v) is 2.65. The Hall–Kier alpha value is -1.48. The van der Waals surface area contributed by atoms with Crippen molar-refractivity contribution >= 4 is 17.5 Å². The lowest BCUT2D eigenvalue weighted by Gasteiger charge is -2.35. The smallest absolute Gasteiger partial charge is 0.0642 e. The summed E-state index contributed by atoms with van der Waals surface area (Å²) in [5, 5.41) is 3.64. The number of hydrogen-bond acceptors (Lipinski definition) is 3. The van der Waals surface area contributed by atoms with E-state index in [0.717, 1.165) is 26.3 Å². The topological polar surface area (TPSA) is 24.5 Å². The summed E-state index contributed by atoms with van der Waals surface area (Å²) in [6.45, 7) is 10.3. The molecule has 1 aromatic carbocycles. The summed E-state index contributed by atoms with van der Waals surface area (Å²) in [6.07, 6.45) is 2.29. The molecule has 0 saturated carbocycles. The molecule has 1 fully saturated rings. The number of fused-ring (bicyclic) bond motifs is 1. The van der Waals surface area contributed by atoms with Crippen molar-refractivity contribution < 1.29 is 4.74 Å². The molecule has 0 radical (unpaired) electrons. The van der Waals surface area contributed by atoms with Crippen LogP contribution in [-0.4, -0.2) is 31.8 Å². The second-order valence-corrected chi connectivity index (χ2v) is 5.95. The summed E-state index contributed by atoms with van der Waals surface area (Å²) >= 11 is 0. The molecule has 1 N–H and O–H groups in total. The van der Waals surface area contributed by atoms with Crippen LogP contribution < -0.4 is 10.2 Å². The van der Waals surface area contributed by atoms with E-state index in [4.69, 9.17) is 4.74 Å². The lowest BCUT2D eigenvalue weighted by atomic mass is 9.89. The molecular formula is C16H22N2O. The Morgan fingerprint density at radius 2 is 1.95 bits per heavy atom. The van der Waals surface area contributed by atoms with Gasteiger partial charge in [-0.1, -0.05) is 12.1 Å². The zero-order chi connectivity index (χ0) is 13.5. The first-order valence-electron chi connectivity index (χ1n) is 7.00. The highest BCUT2D eigenvalue weighted by Crippen LogP contribution is 2.35. The molecule has 0 aromatic heterocycles. The third-order valence-corrected chi connectivity index (χ3v) is 4.22. The van der Waals surface area contributed by atoms with E-state index >= 15 is 0 Å². The second kappa shape index (κ2) is 4.57. The molecule has 0 unspecified atom stereocenters. The van der Waals surface area contributed by atoms with Crippen LogP contribution in [0.5, 0.6) is 0 Å². The monoisotopic (exact) mass is 258 g/mol. The second-order valence-electron chi connectivity index (χ2n) is 5.95. The molecule has 1 saturated heterocycles. The van der Waals surface area contributed by atoms with Crippen LogP contribution in [0.15, 0.2) is 23.8 Å². The first-order chi connectivity index (χ1) is 9.06. The van der Waals surface area contributed by atoms with Gasteiger partial charge in [0, 0.05) is 24.5 Å². The van der Waals surface area contributed by atoms with Gasteiger partial charge in [-0.25, -0.2) is 0 Å². The largest absolute Gasteiger partial charge is 0.378 e. The first kappa shape index (κ1) is 12.5. The van der Waals surface area contributed by atoms with Crippen LogP contribution in [-0.2, 0) is 4.74 Å². The Balaban J connectivity index is 1.92. The summed E-state index contributed by atoms with van der Waals surface area (Å²) in [6, 6.07) is 6.70. The van der Waals surface area contributed by atoms with Crippen LogP contribution in [0, 0.1) is 0 Å². The van der Waals surface area contributed by atoms with E-state index in [-0.39, 0.29) is 5.54 Å². The summed E-state index contributed by atoms with van der Waals surface area (Å²) in [5.74, 6) is 0. The number of rotatable bonds is 1. The van der Waals surface area contributed by atoms with Crippen LogP contribution in [0.3, 0.4) is 0 Å². The van der Waals surface area contributed by atoms with Gasteiger partial charge in [0.1, 0.15) is 0 Å². The number of nitrogens with one attached hydrogen (secondary N) is 1. The third kappa shape index (κ3) is 2.35. The van der Waals surface area contributed by atoms with E-state index in [9.17, 15) is 0 Å². The molecule has 2 aliphatic rings. The molecule has 0 spiro atoms. The number of hydrogen-bond donors (Lipinski definition) is 1. The van der Waals surface area contributed by atoms with Gasteiger partial charge >= 0.3 is 0 Å². The van der Waals surface area contributed by atoms with Crippen LogP contribution in [0.4, 0.5) is 11.4 Å². The van der Waals surface area contributed by atoms with Crippen LogP contribution in [0.25, 0.3) is 6.08 Å². The maximum Gasteiger partial charge on any atom is 0.0642 e. The van der Waals surface area contributed by atoms with Crippen molar-refractivity contribution in [2.45, 2.75) is 26.3 Å². The molecule has 2 heterocycles. The Labute approximate surface area is 115 Å². The highest BCUT2D eigenvalue weighted by Gasteiger charge is 2.25. The lowest BCUT2D eigenvalue weighted by Crippen LogP contribution is -2.37. The molecule has 2 aliphatic heterocycles. The van der Waals surface area contributed by atoms with Gasteiger partial charge in [-0.05, 0) is 44.0 Å². The van der Waals surface area contributed by atoms with E-state index in [1.807, 2.05) is 0 Å². The molecule has 19 heavy (non-hydrogen) atoms. The van der Waals surface area contributed by atoms with Crippen molar-refractivity contribution in [3.8, 4) is 0 Å². The molecule has 0 aliphatic carbocycles. The van der Waals surface area contributed by atoms with Gasteiger partial charge in [0.05, 0.1) is 18.8 Å². The quantitative estimate of drug-likeness (QED) is 0.837. The summed E-state index contributed by atoms with van der Waals surface area (Å²) in [4.78, 5) is 2.39. The molecule has 3 heteroatoms. The zero-order valence-corrected chi connectivity index (χ0v) is 12.0. The zero-order valence-electron chi connectivity index (χ0n) is 12.0. The van der Waals surface area contributed by atoms with Crippen LogP contribution in [0.1, 0.15) is 26.3 Å². The first-order valence-corrected chi connectivity index (χ1v) is 7.00. The minimum atomic E-state index is 0.0383. The number of nitrogens with zero attached hydrogens (tertiary/aromatic N) is 1. The molecule has 0 amide bonds. The summed E-state index contributed by atoms with van der Waals surface area (Å²) < 4.78 is 5.41. The maximum absolute atomic E-state index is 5.41. The van der Waals surface area contributed by atoms with E-state index in [2.05, 4.69) is 55.3 Å². The van der Waals surface area contributed by atoms with Gasteiger partial charge in [-0.15, -0.1) is 0 Å². The highest BCUT2D eigenvalue weighted by atomic mass is 16.5. The van der Waals surface area contributed by atoms with Gasteiger partial charge in [-0.2, -0.15) is 0 Å². The van der Waals surface area contributed by atoms with Gasteiger partial charge in [0.15, 0.2) is 0 Å². The van der Waals surface area contributed by atoms with Crippen molar-refractivity contribution in [3.05, 3.63) is 29.3 Å². The Morgan fingerprint density at radius 3 is 2.68 bits per heavy atom. The fraction of sp³-hybridized carbons (Fsp3) is 0.500. The van der Waals surface area contributed by atoms with Crippen molar-refractivity contribution in [2.24, 2.45) is 0 Å². The Bertz CT molecular complexity index is 513. The summed E-state index contributed by atoms with van der Waals surface area (Å²) in [7, 11) is 0. The molecule has 3 nitrogen and oxygen atoms in total. The minimum absolute atomic E-state index is 0.0383. The molecule has 0 atom stereocenters. The van der Waals surface area contributed by atoms with Crippen molar-refractivity contribution in [1.29, 1.82) is 0 Å². The fourth-order valence-electron chi connectivity index (χ4n) is 2.65. The van der Waals surface area contributed by atoms with Gasteiger partial charge in [-0.3, -0.25) is 0 Å². The van der Waals surface area contributed by atoms with Gasteiger partial charge in [0.25, 0.3) is 0 Å². The normalized spacial score (nSPS) is 21.4. The van der Waals surface area contributed by atoms with Crippen LogP contribution in [0.2, 0.25) is 0 Å². The molecule has 102 valence electrons. The minimum Gasteiger partial charge on any atom is -0.378 e. The van der Waals surface area contributed by atoms with Crippen molar-refractivity contribution in [3.63, 3.8) is 0 Å².